The average molecular weight is 217 g/mol. The Hall–Kier alpha value is 0.270. The third-order valence-corrected chi connectivity index (χ3v) is 4.42. The molecule has 0 saturated heterocycles. The first-order valence-electron chi connectivity index (χ1n) is 5.72. The Morgan fingerprint density at radius 2 is 2.00 bits per heavy atom. The standard InChI is InChI=1S/C11H23NOS/c1-2-10(12)8-14-9-11(13)6-4-3-5-7-11/h10,13H,2-9,12H2,1H3. The van der Waals surface area contributed by atoms with Crippen LogP contribution in [0.5, 0.6) is 0 Å². The summed E-state index contributed by atoms with van der Waals surface area (Å²) in [7, 11) is 0. The molecule has 0 aliphatic heterocycles. The molecule has 0 amide bonds. The second kappa shape index (κ2) is 5.99. The Kier molecular flexibility index (Phi) is 5.28. The van der Waals surface area contributed by atoms with Crippen LogP contribution in [0.15, 0.2) is 0 Å². The number of aliphatic hydroxyl groups is 1. The van der Waals surface area contributed by atoms with Gasteiger partial charge < -0.3 is 10.8 Å². The zero-order chi connectivity index (χ0) is 10.4. The van der Waals surface area contributed by atoms with Gasteiger partial charge in [0.1, 0.15) is 0 Å². The summed E-state index contributed by atoms with van der Waals surface area (Å²) in [6.45, 7) is 2.11. The summed E-state index contributed by atoms with van der Waals surface area (Å²) in [5.74, 6) is 1.86. The van der Waals surface area contributed by atoms with Crippen LogP contribution in [0.3, 0.4) is 0 Å². The Bertz CT molecular complexity index is 157. The van der Waals surface area contributed by atoms with Crippen molar-refractivity contribution < 1.29 is 5.11 Å². The van der Waals surface area contributed by atoms with Crippen molar-refractivity contribution in [1.82, 2.24) is 0 Å². The second-order valence-corrected chi connectivity index (χ2v) is 5.50. The number of thioether (sulfide) groups is 1. The molecule has 0 bridgehead atoms. The first-order valence-corrected chi connectivity index (χ1v) is 6.87. The lowest BCUT2D eigenvalue weighted by Gasteiger charge is -2.31. The summed E-state index contributed by atoms with van der Waals surface area (Å²) in [6.07, 6.45) is 6.68. The lowest BCUT2D eigenvalue weighted by atomic mass is 9.86. The zero-order valence-electron chi connectivity index (χ0n) is 9.17. The fraction of sp³-hybridized carbons (Fsp3) is 1.00. The minimum atomic E-state index is -0.379. The highest BCUT2D eigenvalue weighted by Gasteiger charge is 2.28. The van der Waals surface area contributed by atoms with Gasteiger partial charge in [0.2, 0.25) is 0 Å². The Morgan fingerprint density at radius 3 is 2.57 bits per heavy atom. The Labute approximate surface area is 91.6 Å². The molecule has 3 N–H and O–H groups in total. The van der Waals surface area contributed by atoms with Crippen molar-refractivity contribution in [3.63, 3.8) is 0 Å². The lowest BCUT2D eigenvalue weighted by Crippen LogP contribution is -2.35. The van der Waals surface area contributed by atoms with E-state index in [1.165, 1.54) is 19.3 Å². The van der Waals surface area contributed by atoms with E-state index in [1.54, 1.807) is 0 Å². The summed E-state index contributed by atoms with van der Waals surface area (Å²) < 4.78 is 0. The van der Waals surface area contributed by atoms with E-state index in [0.29, 0.717) is 6.04 Å². The van der Waals surface area contributed by atoms with Gasteiger partial charge in [-0.2, -0.15) is 11.8 Å². The highest BCUT2D eigenvalue weighted by Crippen LogP contribution is 2.31. The van der Waals surface area contributed by atoms with E-state index in [4.69, 9.17) is 5.73 Å². The SMILES string of the molecule is CCC(N)CSCC1(O)CCCCC1. The fourth-order valence-corrected chi connectivity index (χ4v) is 3.20. The monoisotopic (exact) mass is 217 g/mol. The second-order valence-electron chi connectivity index (χ2n) is 4.47. The fourth-order valence-electron chi connectivity index (χ4n) is 1.87. The molecule has 1 aliphatic rings. The van der Waals surface area contributed by atoms with Gasteiger partial charge in [0.05, 0.1) is 5.60 Å². The molecule has 1 fully saturated rings. The van der Waals surface area contributed by atoms with Crippen LogP contribution in [0, 0.1) is 0 Å². The number of rotatable bonds is 5. The molecule has 1 atom stereocenters. The summed E-state index contributed by atoms with van der Waals surface area (Å²) in [4.78, 5) is 0. The van der Waals surface area contributed by atoms with Crippen molar-refractivity contribution in [1.29, 1.82) is 0 Å². The minimum Gasteiger partial charge on any atom is -0.389 e. The normalized spacial score (nSPS) is 23.4. The summed E-state index contributed by atoms with van der Waals surface area (Å²) >= 11 is 1.82. The molecule has 14 heavy (non-hydrogen) atoms. The van der Waals surface area contributed by atoms with Crippen LogP contribution >= 0.6 is 11.8 Å². The molecule has 0 heterocycles. The zero-order valence-corrected chi connectivity index (χ0v) is 9.98. The molecular weight excluding hydrogens is 194 g/mol. The third-order valence-electron chi connectivity index (χ3n) is 3.01. The van der Waals surface area contributed by atoms with Gasteiger partial charge in [0.15, 0.2) is 0 Å². The van der Waals surface area contributed by atoms with Crippen molar-refractivity contribution in [3.8, 4) is 0 Å². The highest BCUT2D eigenvalue weighted by molar-refractivity contribution is 7.99. The van der Waals surface area contributed by atoms with Crippen molar-refractivity contribution in [2.45, 2.75) is 57.1 Å². The van der Waals surface area contributed by atoms with E-state index in [-0.39, 0.29) is 5.60 Å². The van der Waals surface area contributed by atoms with Gasteiger partial charge in [0.25, 0.3) is 0 Å². The van der Waals surface area contributed by atoms with Crippen LogP contribution in [-0.4, -0.2) is 28.3 Å². The van der Waals surface area contributed by atoms with E-state index in [0.717, 1.165) is 30.8 Å². The van der Waals surface area contributed by atoms with Crippen molar-refractivity contribution in [2.24, 2.45) is 5.73 Å². The van der Waals surface area contributed by atoms with Crippen molar-refractivity contribution in [3.05, 3.63) is 0 Å². The van der Waals surface area contributed by atoms with Crippen LogP contribution in [0.25, 0.3) is 0 Å². The average Bonchev–Trinajstić information content (AvgIpc) is 2.18. The smallest absolute Gasteiger partial charge is 0.0737 e. The van der Waals surface area contributed by atoms with Crippen LogP contribution < -0.4 is 5.73 Å². The molecule has 1 saturated carbocycles. The molecule has 0 aromatic rings. The molecule has 1 rings (SSSR count). The van der Waals surface area contributed by atoms with Gasteiger partial charge in [-0.1, -0.05) is 26.2 Å². The molecule has 0 aromatic carbocycles. The largest absolute Gasteiger partial charge is 0.389 e. The van der Waals surface area contributed by atoms with Crippen molar-refractivity contribution in [2.75, 3.05) is 11.5 Å². The first kappa shape index (κ1) is 12.3. The molecule has 0 spiro atoms. The predicted molar refractivity (Wildman–Crippen MR) is 63.6 cm³/mol. The van der Waals surface area contributed by atoms with Crippen LogP contribution in [-0.2, 0) is 0 Å². The van der Waals surface area contributed by atoms with Gasteiger partial charge >= 0.3 is 0 Å². The first-order chi connectivity index (χ1) is 6.66. The third kappa shape index (κ3) is 4.20. The molecular formula is C11H23NOS. The Morgan fingerprint density at radius 1 is 1.36 bits per heavy atom. The molecule has 84 valence electrons. The Balaban J connectivity index is 2.15. The van der Waals surface area contributed by atoms with E-state index in [1.807, 2.05) is 11.8 Å². The van der Waals surface area contributed by atoms with Gasteiger partial charge in [-0.3, -0.25) is 0 Å². The maximum atomic E-state index is 10.2. The highest BCUT2D eigenvalue weighted by atomic mass is 32.2. The van der Waals surface area contributed by atoms with E-state index < -0.39 is 0 Å². The number of nitrogens with two attached hydrogens (primary N) is 1. The molecule has 1 unspecified atom stereocenters. The molecule has 1 aliphatic carbocycles. The van der Waals surface area contributed by atoms with E-state index in [9.17, 15) is 5.11 Å². The quantitative estimate of drug-likeness (QED) is 0.742. The summed E-state index contributed by atoms with van der Waals surface area (Å²) in [6, 6.07) is 0.298. The van der Waals surface area contributed by atoms with Crippen LogP contribution in [0.1, 0.15) is 45.4 Å². The summed E-state index contributed by atoms with van der Waals surface area (Å²) in [5.41, 5.74) is 5.45. The maximum absolute atomic E-state index is 10.2. The van der Waals surface area contributed by atoms with Gasteiger partial charge in [-0.05, 0) is 19.3 Å². The van der Waals surface area contributed by atoms with Crippen molar-refractivity contribution >= 4 is 11.8 Å². The predicted octanol–water partition coefficient (Wildman–Crippen LogP) is 2.15. The lowest BCUT2D eigenvalue weighted by molar-refractivity contribution is 0.0273. The van der Waals surface area contributed by atoms with Gasteiger partial charge in [-0.25, -0.2) is 0 Å². The van der Waals surface area contributed by atoms with Gasteiger partial charge in [0, 0.05) is 17.5 Å². The number of hydrogen-bond donors (Lipinski definition) is 2. The van der Waals surface area contributed by atoms with Crippen LogP contribution in [0.4, 0.5) is 0 Å². The summed E-state index contributed by atoms with van der Waals surface area (Å²) in [5, 5.41) is 10.2. The van der Waals surface area contributed by atoms with E-state index in [2.05, 4.69) is 6.92 Å². The molecule has 0 aromatic heterocycles. The number of hydrogen-bond acceptors (Lipinski definition) is 3. The molecule has 0 radical (unpaired) electrons. The van der Waals surface area contributed by atoms with E-state index >= 15 is 0 Å². The molecule has 3 heteroatoms. The van der Waals surface area contributed by atoms with Crippen LogP contribution in [0.2, 0.25) is 0 Å². The molecule has 2 nitrogen and oxygen atoms in total. The minimum absolute atomic E-state index is 0.298. The van der Waals surface area contributed by atoms with Gasteiger partial charge in [-0.15, -0.1) is 0 Å². The maximum Gasteiger partial charge on any atom is 0.0737 e. The topological polar surface area (TPSA) is 46.2 Å².